The summed E-state index contributed by atoms with van der Waals surface area (Å²) in [6.45, 7) is 9.95. The Hall–Kier alpha value is -0.824. The molecule has 1 atom stereocenters. The third kappa shape index (κ3) is 3.20. The summed E-state index contributed by atoms with van der Waals surface area (Å²) in [6.07, 6.45) is 0. The van der Waals surface area contributed by atoms with Crippen LogP contribution < -0.4 is 4.46 Å². The van der Waals surface area contributed by atoms with Crippen molar-refractivity contribution < 1.29 is 0 Å². The molecule has 100 valence electrons. The van der Waals surface area contributed by atoms with Crippen LogP contribution in [0.15, 0.2) is 60.7 Å². The minimum absolute atomic E-state index is 0.336. The molecule has 2 heteroatoms. The summed E-state index contributed by atoms with van der Waals surface area (Å²) in [5, 5.41) is 0. The van der Waals surface area contributed by atoms with Gasteiger partial charge in [0, 0.05) is 0 Å². The summed E-state index contributed by atoms with van der Waals surface area (Å²) in [4.78, 5) is 0. The van der Waals surface area contributed by atoms with Gasteiger partial charge in [-0.3, -0.25) is 0 Å². The van der Waals surface area contributed by atoms with E-state index in [0.717, 1.165) is 0 Å². The fraction of sp³-hybridized carbons (Fsp3) is 0.294. The van der Waals surface area contributed by atoms with E-state index in [0.29, 0.717) is 18.9 Å². The summed E-state index contributed by atoms with van der Waals surface area (Å²) < 4.78 is 1.84. The molecule has 2 aromatic carbocycles. The summed E-state index contributed by atoms with van der Waals surface area (Å²) in [7, 11) is -1.31. The zero-order valence-electron chi connectivity index (χ0n) is 12.2. The van der Waals surface area contributed by atoms with Crippen molar-refractivity contribution in [2.45, 2.75) is 30.5 Å². The van der Waals surface area contributed by atoms with E-state index in [1.807, 2.05) is 0 Å². The van der Waals surface area contributed by atoms with Crippen LogP contribution in [0.1, 0.15) is 12.5 Å². The predicted molar refractivity (Wildman–Crippen MR) is 89.0 cm³/mol. The Bertz CT molecular complexity index is 516. The summed E-state index contributed by atoms with van der Waals surface area (Å²) >= 11 is 0.472. The van der Waals surface area contributed by atoms with Crippen LogP contribution in [0, 0.1) is 0 Å². The van der Waals surface area contributed by atoms with Crippen LogP contribution in [-0.2, 0) is 3.94 Å². The Morgan fingerprint density at radius 2 is 1.26 bits per heavy atom. The Kier molecular flexibility index (Phi) is 4.35. The van der Waals surface area contributed by atoms with E-state index in [2.05, 4.69) is 87.2 Å². The second kappa shape index (κ2) is 5.66. The van der Waals surface area contributed by atoms with Gasteiger partial charge in [0.1, 0.15) is 0 Å². The third-order valence-electron chi connectivity index (χ3n) is 3.82. The molecule has 0 heterocycles. The maximum atomic E-state index is 2.49. The van der Waals surface area contributed by atoms with E-state index in [1.165, 1.54) is 10.0 Å². The molecule has 0 nitrogen and oxygen atoms in total. The Labute approximate surface area is 124 Å². The Morgan fingerprint density at radius 3 is 1.74 bits per heavy atom. The average molecular weight is 333 g/mol. The number of rotatable bonds is 4. The van der Waals surface area contributed by atoms with Crippen LogP contribution in [0.2, 0.25) is 19.6 Å². The Balaban J connectivity index is 2.42. The molecule has 0 N–H and O–H groups in total. The molecule has 0 aliphatic rings. The van der Waals surface area contributed by atoms with Crippen molar-refractivity contribution in [3.63, 3.8) is 0 Å². The van der Waals surface area contributed by atoms with Crippen molar-refractivity contribution in [3.8, 4) is 0 Å². The average Bonchev–Trinajstić information content (AvgIpc) is 2.39. The van der Waals surface area contributed by atoms with Gasteiger partial charge in [0.25, 0.3) is 0 Å². The molecule has 19 heavy (non-hydrogen) atoms. The normalized spacial score (nSPS) is 14.9. The van der Waals surface area contributed by atoms with Gasteiger partial charge in [0.05, 0.1) is 0 Å². The van der Waals surface area contributed by atoms with Gasteiger partial charge in [0.15, 0.2) is 0 Å². The topological polar surface area (TPSA) is 0 Å². The molecule has 0 aliphatic carbocycles. The van der Waals surface area contributed by atoms with E-state index < -0.39 is 8.07 Å². The fourth-order valence-corrected chi connectivity index (χ4v) is 8.14. The molecule has 0 bridgehead atoms. The van der Waals surface area contributed by atoms with Crippen molar-refractivity contribution in [2.75, 3.05) is 0 Å². The molecule has 0 saturated heterocycles. The zero-order chi connectivity index (χ0) is 13.9. The van der Waals surface area contributed by atoms with E-state index in [4.69, 9.17) is 0 Å². The standard InChI is InChI=1S/C17H22SeSi/c1-17(19(2,3)4,15-11-7-5-8-12-15)18-16-13-9-6-10-14-16/h5-14H,1-4H3. The summed E-state index contributed by atoms with van der Waals surface area (Å²) in [5.74, 6) is 0. The van der Waals surface area contributed by atoms with Crippen LogP contribution in [0.3, 0.4) is 0 Å². The number of hydrogen-bond donors (Lipinski definition) is 0. The van der Waals surface area contributed by atoms with Crippen molar-refractivity contribution in [1.82, 2.24) is 0 Å². The molecule has 0 aromatic heterocycles. The molecule has 0 spiro atoms. The molecular weight excluding hydrogens is 311 g/mol. The first-order valence-corrected chi connectivity index (χ1v) is 11.9. The van der Waals surface area contributed by atoms with Crippen molar-refractivity contribution >= 4 is 27.5 Å². The first kappa shape index (κ1) is 14.6. The van der Waals surface area contributed by atoms with Crippen LogP contribution in [-0.4, -0.2) is 23.0 Å². The quantitative estimate of drug-likeness (QED) is 0.747. The van der Waals surface area contributed by atoms with Gasteiger partial charge in [-0.2, -0.15) is 0 Å². The van der Waals surface area contributed by atoms with Gasteiger partial charge in [-0.1, -0.05) is 0 Å². The van der Waals surface area contributed by atoms with Gasteiger partial charge in [-0.05, 0) is 0 Å². The molecule has 2 aromatic rings. The SMILES string of the molecule is CC([Se]c1ccccc1)(c1ccccc1)[Si](C)(C)C. The first-order chi connectivity index (χ1) is 8.93. The van der Waals surface area contributed by atoms with E-state index in [1.54, 1.807) is 0 Å². The molecule has 1 unspecified atom stereocenters. The predicted octanol–water partition coefficient (Wildman–Crippen LogP) is 3.81. The van der Waals surface area contributed by atoms with Gasteiger partial charge in [0.2, 0.25) is 0 Å². The van der Waals surface area contributed by atoms with Gasteiger partial charge >= 0.3 is 124 Å². The van der Waals surface area contributed by atoms with E-state index >= 15 is 0 Å². The number of benzene rings is 2. The third-order valence-corrected chi connectivity index (χ3v) is 13.8. The second-order valence-electron chi connectivity index (χ2n) is 6.06. The monoisotopic (exact) mass is 334 g/mol. The van der Waals surface area contributed by atoms with E-state index in [9.17, 15) is 0 Å². The fourth-order valence-electron chi connectivity index (χ4n) is 2.13. The van der Waals surface area contributed by atoms with Crippen LogP contribution >= 0.6 is 0 Å². The van der Waals surface area contributed by atoms with Crippen molar-refractivity contribution in [3.05, 3.63) is 66.2 Å². The molecule has 0 saturated carbocycles. The molecule has 2 rings (SSSR count). The first-order valence-electron chi connectivity index (χ1n) is 6.73. The molecule has 0 radical (unpaired) electrons. The molecule has 0 aliphatic heterocycles. The number of hydrogen-bond acceptors (Lipinski definition) is 0. The van der Waals surface area contributed by atoms with Gasteiger partial charge in [-0.25, -0.2) is 0 Å². The van der Waals surface area contributed by atoms with E-state index in [-0.39, 0.29) is 0 Å². The summed E-state index contributed by atoms with van der Waals surface area (Å²) in [5.41, 5.74) is 1.51. The molecule has 0 amide bonds. The Morgan fingerprint density at radius 1 is 0.789 bits per heavy atom. The second-order valence-corrected chi connectivity index (χ2v) is 15.5. The maximum absolute atomic E-state index is 2.49. The zero-order valence-corrected chi connectivity index (χ0v) is 14.9. The molecular formula is C17H22SeSi. The van der Waals surface area contributed by atoms with Gasteiger partial charge < -0.3 is 0 Å². The van der Waals surface area contributed by atoms with Crippen LogP contribution in [0.25, 0.3) is 0 Å². The molecule has 0 fully saturated rings. The minimum atomic E-state index is -1.31. The summed E-state index contributed by atoms with van der Waals surface area (Å²) in [6, 6.07) is 22.1. The van der Waals surface area contributed by atoms with Crippen molar-refractivity contribution in [2.24, 2.45) is 0 Å². The van der Waals surface area contributed by atoms with Crippen LogP contribution in [0.5, 0.6) is 0 Å². The van der Waals surface area contributed by atoms with Crippen molar-refractivity contribution in [1.29, 1.82) is 0 Å². The van der Waals surface area contributed by atoms with Crippen LogP contribution in [0.4, 0.5) is 0 Å². The van der Waals surface area contributed by atoms with Gasteiger partial charge in [-0.15, -0.1) is 0 Å².